The van der Waals surface area contributed by atoms with Gasteiger partial charge in [-0.25, -0.2) is 0 Å². The fourth-order valence-corrected chi connectivity index (χ4v) is 2.34. The van der Waals surface area contributed by atoms with Crippen LogP contribution in [0.1, 0.15) is 5.56 Å². The maximum absolute atomic E-state index is 5.30. The van der Waals surface area contributed by atoms with Crippen LogP contribution in [-0.4, -0.2) is 12.2 Å². The number of rotatable bonds is 2. The van der Waals surface area contributed by atoms with Gasteiger partial charge in [0, 0.05) is 5.56 Å². The SMILES string of the molecule is NC(N)=N/N=C\c1c2ccccc2cc2ccccc12. The molecule has 0 amide bonds. The molecule has 0 saturated carbocycles. The Labute approximate surface area is 116 Å². The minimum Gasteiger partial charge on any atom is -0.369 e. The number of nitrogens with zero attached hydrogens (tertiary/aromatic N) is 2. The molecule has 98 valence electrons. The van der Waals surface area contributed by atoms with Gasteiger partial charge in [0.1, 0.15) is 0 Å². The monoisotopic (exact) mass is 262 g/mol. The van der Waals surface area contributed by atoms with E-state index < -0.39 is 0 Å². The quantitative estimate of drug-likeness (QED) is 0.322. The van der Waals surface area contributed by atoms with E-state index in [2.05, 4.69) is 40.5 Å². The predicted octanol–water partition coefficient (Wildman–Crippen LogP) is 2.60. The van der Waals surface area contributed by atoms with Crippen LogP contribution in [0.3, 0.4) is 0 Å². The van der Waals surface area contributed by atoms with Crippen molar-refractivity contribution < 1.29 is 0 Å². The second-order valence-electron chi connectivity index (χ2n) is 4.50. The number of hydrogen-bond donors (Lipinski definition) is 2. The summed E-state index contributed by atoms with van der Waals surface area (Å²) >= 11 is 0. The highest BCUT2D eigenvalue weighted by Gasteiger charge is 2.04. The highest BCUT2D eigenvalue weighted by Crippen LogP contribution is 2.27. The van der Waals surface area contributed by atoms with E-state index in [0.29, 0.717) is 0 Å². The maximum Gasteiger partial charge on any atom is 0.211 e. The van der Waals surface area contributed by atoms with Crippen molar-refractivity contribution in [3.05, 3.63) is 60.2 Å². The minimum absolute atomic E-state index is 0.0502. The molecular formula is C16H14N4. The van der Waals surface area contributed by atoms with Crippen molar-refractivity contribution in [2.24, 2.45) is 21.7 Å². The Morgan fingerprint density at radius 3 is 1.95 bits per heavy atom. The number of fused-ring (bicyclic) bond motifs is 2. The summed E-state index contributed by atoms with van der Waals surface area (Å²) in [4.78, 5) is 0. The van der Waals surface area contributed by atoms with E-state index in [9.17, 15) is 0 Å². The van der Waals surface area contributed by atoms with Crippen LogP contribution in [0.25, 0.3) is 21.5 Å². The molecule has 4 nitrogen and oxygen atoms in total. The number of hydrogen-bond acceptors (Lipinski definition) is 2. The van der Waals surface area contributed by atoms with Gasteiger partial charge in [0.2, 0.25) is 5.96 Å². The zero-order chi connectivity index (χ0) is 13.9. The summed E-state index contributed by atoms with van der Waals surface area (Å²) in [5.41, 5.74) is 11.6. The molecule has 4 heteroatoms. The number of benzene rings is 3. The Balaban J connectivity index is 2.33. The fraction of sp³-hybridized carbons (Fsp3) is 0. The lowest BCUT2D eigenvalue weighted by molar-refractivity contribution is 1.22. The van der Waals surface area contributed by atoms with Crippen molar-refractivity contribution in [3.8, 4) is 0 Å². The first-order chi connectivity index (χ1) is 9.75. The average Bonchev–Trinajstić information content (AvgIpc) is 2.46. The van der Waals surface area contributed by atoms with Gasteiger partial charge in [-0.2, -0.15) is 5.10 Å². The standard InChI is InChI=1S/C16H14N4/c17-16(18)20-19-10-15-13-7-3-1-5-11(13)9-12-6-2-4-8-14(12)15/h1-10H,(H4,17,18,20)/b19-10-. The molecule has 0 fully saturated rings. The highest BCUT2D eigenvalue weighted by molar-refractivity contribution is 6.13. The summed E-state index contributed by atoms with van der Waals surface area (Å²) in [7, 11) is 0. The van der Waals surface area contributed by atoms with Gasteiger partial charge in [-0.1, -0.05) is 48.5 Å². The van der Waals surface area contributed by atoms with E-state index in [1.54, 1.807) is 6.21 Å². The van der Waals surface area contributed by atoms with Crippen LogP contribution in [-0.2, 0) is 0 Å². The van der Waals surface area contributed by atoms with E-state index in [1.807, 2.05) is 24.3 Å². The second kappa shape index (κ2) is 5.01. The van der Waals surface area contributed by atoms with Gasteiger partial charge >= 0.3 is 0 Å². The van der Waals surface area contributed by atoms with Crippen molar-refractivity contribution in [1.29, 1.82) is 0 Å². The Morgan fingerprint density at radius 1 is 0.850 bits per heavy atom. The molecule has 20 heavy (non-hydrogen) atoms. The molecule has 0 unspecified atom stereocenters. The van der Waals surface area contributed by atoms with Crippen LogP contribution < -0.4 is 11.5 Å². The molecule has 3 aromatic rings. The normalized spacial score (nSPS) is 11.2. The van der Waals surface area contributed by atoms with E-state index in [1.165, 1.54) is 0 Å². The lowest BCUT2D eigenvalue weighted by Gasteiger charge is -2.07. The van der Waals surface area contributed by atoms with Crippen molar-refractivity contribution in [2.75, 3.05) is 0 Å². The average molecular weight is 262 g/mol. The molecule has 0 aliphatic carbocycles. The molecule has 3 rings (SSSR count). The summed E-state index contributed by atoms with van der Waals surface area (Å²) in [5, 5.41) is 12.2. The van der Waals surface area contributed by atoms with E-state index >= 15 is 0 Å². The van der Waals surface area contributed by atoms with E-state index in [-0.39, 0.29) is 5.96 Å². The largest absolute Gasteiger partial charge is 0.369 e. The summed E-state index contributed by atoms with van der Waals surface area (Å²) in [6, 6.07) is 18.5. The maximum atomic E-state index is 5.30. The van der Waals surface area contributed by atoms with E-state index in [4.69, 9.17) is 11.5 Å². The van der Waals surface area contributed by atoms with Gasteiger partial charge in [-0.15, -0.1) is 5.10 Å². The van der Waals surface area contributed by atoms with Crippen LogP contribution in [0.15, 0.2) is 64.8 Å². The summed E-state index contributed by atoms with van der Waals surface area (Å²) in [6.07, 6.45) is 1.70. The zero-order valence-corrected chi connectivity index (χ0v) is 10.8. The molecule has 4 N–H and O–H groups in total. The van der Waals surface area contributed by atoms with Gasteiger partial charge < -0.3 is 11.5 Å². The molecule has 3 aromatic carbocycles. The van der Waals surface area contributed by atoms with Crippen LogP contribution in [0.5, 0.6) is 0 Å². The summed E-state index contributed by atoms with van der Waals surface area (Å²) in [5.74, 6) is -0.0502. The smallest absolute Gasteiger partial charge is 0.211 e. The summed E-state index contributed by atoms with van der Waals surface area (Å²) < 4.78 is 0. The van der Waals surface area contributed by atoms with E-state index in [0.717, 1.165) is 27.1 Å². The molecule has 0 atom stereocenters. The topological polar surface area (TPSA) is 76.8 Å². The molecule has 0 aliphatic heterocycles. The van der Waals surface area contributed by atoms with Crippen LogP contribution in [0, 0.1) is 0 Å². The van der Waals surface area contributed by atoms with Crippen molar-refractivity contribution in [1.82, 2.24) is 0 Å². The van der Waals surface area contributed by atoms with Crippen LogP contribution >= 0.6 is 0 Å². The predicted molar refractivity (Wildman–Crippen MR) is 84.9 cm³/mol. The van der Waals surface area contributed by atoms with Gasteiger partial charge in [-0.3, -0.25) is 0 Å². The fourth-order valence-electron chi connectivity index (χ4n) is 2.34. The van der Waals surface area contributed by atoms with Crippen molar-refractivity contribution in [2.45, 2.75) is 0 Å². The molecule has 0 bridgehead atoms. The minimum atomic E-state index is -0.0502. The Morgan fingerprint density at radius 2 is 1.40 bits per heavy atom. The molecule has 0 spiro atoms. The Hall–Kier alpha value is -2.88. The third-order valence-electron chi connectivity index (χ3n) is 3.17. The van der Waals surface area contributed by atoms with Gasteiger partial charge in [0.05, 0.1) is 6.21 Å². The first-order valence-corrected chi connectivity index (χ1v) is 6.28. The lowest BCUT2D eigenvalue weighted by atomic mass is 9.97. The Kier molecular flexibility index (Phi) is 3.05. The van der Waals surface area contributed by atoms with Crippen molar-refractivity contribution >= 4 is 33.7 Å². The third-order valence-corrected chi connectivity index (χ3v) is 3.17. The summed E-state index contributed by atoms with van der Waals surface area (Å²) in [6.45, 7) is 0. The van der Waals surface area contributed by atoms with Crippen LogP contribution in [0.4, 0.5) is 0 Å². The molecule has 0 saturated heterocycles. The zero-order valence-electron chi connectivity index (χ0n) is 10.8. The van der Waals surface area contributed by atoms with Crippen molar-refractivity contribution in [3.63, 3.8) is 0 Å². The van der Waals surface area contributed by atoms with Gasteiger partial charge in [-0.05, 0) is 27.6 Å². The first-order valence-electron chi connectivity index (χ1n) is 6.28. The molecule has 0 aromatic heterocycles. The van der Waals surface area contributed by atoms with Crippen LogP contribution in [0.2, 0.25) is 0 Å². The highest BCUT2D eigenvalue weighted by atomic mass is 15.3. The third kappa shape index (κ3) is 2.19. The lowest BCUT2D eigenvalue weighted by Crippen LogP contribution is -2.21. The molecular weight excluding hydrogens is 248 g/mol. The Bertz CT molecular complexity index is 776. The molecule has 0 radical (unpaired) electrons. The van der Waals surface area contributed by atoms with Gasteiger partial charge in [0.15, 0.2) is 0 Å². The van der Waals surface area contributed by atoms with Gasteiger partial charge in [0.25, 0.3) is 0 Å². The second-order valence-corrected chi connectivity index (χ2v) is 4.50. The number of nitrogens with two attached hydrogens (primary N) is 2. The number of guanidine groups is 1. The molecule has 0 heterocycles. The first kappa shape index (κ1) is 12.2. The molecule has 0 aliphatic rings.